The molecular weight excluding hydrogens is 289 g/mol. The van der Waals surface area contributed by atoms with Gasteiger partial charge in [-0.1, -0.05) is 23.7 Å². The fourth-order valence-electron chi connectivity index (χ4n) is 4.00. The Bertz CT molecular complexity index is 503. The summed E-state index contributed by atoms with van der Waals surface area (Å²) in [5.41, 5.74) is 10.6. The second-order valence-corrected chi connectivity index (χ2v) is 7.04. The average molecular weight is 312 g/mol. The molecule has 3 aliphatic carbocycles. The Morgan fingerprint density at radius 2 is 1.50 bits per heavy atom. The molecule has 3 aliphatic rings. The van der Waals surface area contributed by atoms with Gasteiger partial charge >= 0.3 is 0 Å². The van der Waals surface area contributed by atoms with Crippen LogP contribution < -0.4 is 5.73 Å². The number of hydrogen-bond donors (Lipinski definition) is 1. The van der Waals surface area contributed by atoms with Gasteiger partial charge < -0.3 is 5.73 Å². The maximum absolute atomic E-state index is 6.47. The topological polar surface area (TPSA) is 26.0 Å². The molecule has 110 valence electrons. The maximum Gasteiger partial charge on any atom is 0.0406 e. The number of benzene rings is 1. The van der Waals surface area contributed by atoms with E-state index in [2.05, 4.69) is 26.0 Å². The van der Waals surface area contributed by atoms with Crippen LogP contribution in [0.4, 0.5) is 0 Å². The highest BCUT2D eigenvalue weighted by Gasteiger charge is 2.40. The van der Waals surface area contributed by atoms with Crippen LogP contribution in [0.1, 0.15) is 45.1 Å². The van der Waals surface area contributed by atoms with Crippen LogP contribution in [-0.2, 0) is 0 Å². The average Bonchev–Trinajstić information content (AvgIpc) is 2.39. The van der Waals surface area contributed by atoms with E-state index >= 15 is 0 Å². The molecule has 0 saturated heterocycles. The summed E-state index contributed by atoms with van der Waals surface area (Å²) in [5, 5.41) is 0.805. The largest absolute Gasteiger partial charge is 0.322 e. The molecule has 20 heavy (non-hydrogen) atoms. The van der Waals surface area contributed by atoms with Gasteiger partial charge in [0.1, 0.15) is 0 Å². The minimum absolute atomic E-state index is 0. The van der Waals surface area contributed by atoms with Crippen molar-refractivity contribution in [1.82, 2.24) is 0 Å². The zero-order valence-corrected chi connectivity index (χ0v) is 13.7. The van der Waals surface area contributed by atoms with Crippen molar-refractivity contribution in [2.24, 2.45) is 17.6 Å². The molecule has 2 bridgehead atoms. The number of halogens is 2. The predicted octanol–water partition coefficient (Wildman–Crippen LogP) is 5.07. The summed E-state index contributed by atoms with van der Waals surface area (Å²) in [5.74, 6) is 1.39. The first-order chi connectivity index (χ1) is 8.97. The van der Waals surface area contributed by atoms with Gasteiger partial charge in [0.05, 0.1) is 0 Å². The van der Waals surface area contributed by atoms with Crippen molar-refractivity contribution >= 4 is 29.6 Å². The van der Waals surface area contributed by atoms with Gasteiger partial charge in [-0.05, 0) is 80.2 Å². The van der Waals surface area contributed by atoms with Crippen molar-refractivity contribution < 1.29 is 0 Å². The van der Waals surface area contributed by atoms with Gasteiger partial charge in [0.25, 0.3) is 0 Å². The Kier molecular flexibility index (Phi) is 4.53. The number of hydrogen-bond acceptors (Lipinski definition) is 1. The van der Waals surface area contributed by atoms with Gasteiger partial charge in [0.15, 0.2) is 0 Å². The standard InChI is InChI=1S/C17H22ClN.ClH/c1-17(2,19)16-13-5-3-11(4-6-13)15(16)12-7-9-14(18)10-8-12;/h7-11,13H,3-6,19H2,1-2H3;1H. The monoisotopic (exact) mass is 311 g/mol. The van der Waals surface area contributed by atoms with E-state index in [1.807, 2.05) is 12.1 Å². The highest BCUT2D eigenvalue weighted by Crippen LogP contribution is 2.51. The van der Waals surface area contributed by atoms with Gasteiger partial charge in [-0.25, -0.2) is 0 Å². The zero-order valence-electron chi connectivity index (χ0n) is 12.2. The van der Waals surface area contributed by atoms with Crippen molar-refractivity contribution in [2.75, 3.05) is 0 Å². The fourth-order valence-corrected chi connectivity index (χ4v) is 4.13. The van der Waals surface area contributed by atoms with Crippen LogP contribution in [0.2, 0.25) is 5.02 Å². The van der Waals surface area contributed by atoms with Crippen LogP contribution in [-0.4, -0.2) is 5.54 Å². The number of rotatable bonds is 2. The van der Waals surface area contributed by atoms with E-state index in [4.69, 9.17) is 17.3 Å². The maximum atomic E-state index is 6.47. The van der Waals surface area contributed by atoms with Crippen molar-refractivity contribution in [2.45, 2.75) is 45.1 Å². The summed E-state index contributed by atoms with van der Waals surface area (Å²) in [7, 11) is 0. The summed E-state index contributed by atoms with van der Waals surface area (Å²) < 4.78 is 0. The molecule has 3 heteroatoms. The van der Waals surface area contributed by atoms with E-state index < -0.39 is 0 Å². The van der Waals surface area contributed by atoms with Crippen LogP contribution in [0.5, 0.6) is 0 Å². The number of nitrogens with two attached hydrogens (primary N) is 1. The molecule has 0 unspecified atom stereocenters. The second-order valence-electron chi connectivity index (χ2n) is 6.60. The first-order valence-corrected chi connectivity index (χ1v) is 7.64. The van der Waals surface area contributed by atoms with Gasteiger partial charge in [0.2, 0.25) is 0 Å². The van der Waals surface area contributed by atoms with Crippen molar-refractivity contribution in [1.29, 1.82) is 0 Å². The molecule has 1 fully saturated rings. The van der Waals surface area contributed by atoms with E-state index in [1.54, 1.807) is 0 Å². The Morgan fingerprint density at radius 3 is 2.00 bits per heavy atom. The van der Waals surface area contributed by atoms with Crippen LogP contribution in [0.25, 0.3) is 5.57 Å². The zero-order chi connectivity index (χ0) is 13.6. The molecular formula is C17H23Cl2N. The molecule has 0 spiro atoms. The first kappa shape index (κ1) is 15.9. The molecule has 0 radical (unpaired) electrons. The lowest BCUT2D eigenvalue weighted by atomic mass is 9.61. The molecule has 0 aliphatic heterocycles. The van der Waals surface area contributed by atoms with E-state index in [1.165, 1.54) is 42.4 Å². The van der Waals surface area contributed by atoms with Gasteiger partial charge in [-0.3, -0.25) is 0 Å². The molecule has 1 nitrogen and oxygen atoms in total. The predicted molar refractivity (Wildman–Crippen MR) is 89.3 cm³/mol. The van der Waals surface area contributed by atoms with Crippen molar-refractivity contribution in [3.05, 3.63) is 40.4 Å². The fraction of sp³-hybridized carbons (Fsp3) is 0.529. The van der Waals surface area contributed by atoms with Crippen LogP contribution >= 0.6 is 24.0 Å². The third-order valence-electron chi connectivity index (χ3n) is 4.68. The van der Waals surface area contributed by atoms with E-state index in [0.29, 0.717) is 11.8 Å². The molecule has 2 N–H and O–H groups in total. The van der Waals surface area contributed by atoms with Crippen molar-refractivity contribution in [3.63, 3.8) is 0 Å². The summed E-state index contributed by atoms with van der Waals surface area (Å²) in [6.45, 7) is 4.30. The smallest absolute Gasteiger partial charge is 0.0406 e. The first-order valence-electron chi connectivity index (χ1n) is 7.26. The Hall–Kier alpha value is -0.500. The van der Waals surface area contributed by atoms with Crippen LogP contribution in [0.3, 0.4) is 0 Å². The lowest BCUT2D eigenvalue weighted by Gasteiger charge is -2.45. The molecule has 1 saturated carbocycles. The van der Waals surface area contributed by atoms with Gasteiger partial charge in [-0.2, -0.15) is 0 Å². The highest BCUT2D eigenvalue weighted by atomic mass is 35.5. The molecule has 0 amide bonds. The van der Waals surface area contributed by atoms with Crippen molar-refractivity contribution in [3.8, 4) is 0 Å². The normalized spacial score (nSPS) is 25.6. The summed E-state index contributed by atoms with van der Waals surface area (Å²) in [6, 6.07) is 8.30. The van der Waals surface area contributed by atoms with Crippen LogP contribution in [0.15, 0.2) is 29.8 Å². The molecule has 1 aromatic rings. The molecule has 4 rings (SSSR count). The summed E-state index contributed by atoms with van der Waals surface area (Å²) in [6.07, 6.45) is 5.28. The molecule has 0 aromatic heterocycles. The Labute approximate surface area is 133 Å². The van der Waals surface area contributed by atoms with Gasteiger partial charge in [0, 0.05) is 10.6 Å². The molecule has 0 atom stereocenters. The van der Waals surface area contributed by atoms with E-state index in [-0.39, 0.29) is 17.9 Å². The van der Waals surface area contributed by atoms with E-state index in [9.17, 15) is 0 Å². The SMILES string of the molecule is CC(C)(N)C1=C(c2ccc(Cl)cc2)C2CCC1CC2.Cl. The van der Waals surface area contributed by atoms with E-state index in [0.717, 1.165) is 5.02 Å². The lowest BCUT2D eigenvalue weighted by molar-refractivity contribution is 0.296. The third-order valence-corrected chi connectivity index (χ3v) is 4.94. The highest BCUT2D eigenvalue weighted by molar-refractivity contribution is 6.30. The summed E-state index contributed by atoms with van der Waals surface area (Å²) >= 11 is 6.02. The minimum atomic E-state index is -0.210. The second kappa shape index (κ2) is 5.71. The Balaban J connectivity index is 0.00000147. The minimum Gasteiger partial charge on any atom is -0.322 e. The number of allylic oxidation sites excluding steroid dienone is 1. The Morgan fingerprint density at radius 1 is 1.00 bits per heavy atom. The molecule has 1 aromatic carbocycles. The molecule has 0 heterocycles. The quantitative estimate of drug-likeness (QED) is 0.810. The summed E-state index contributed by atoms with van der Waals surface area (Å²) in [4.78, 5) is 0. The van der Waals surface area contributed by atoms with Gasteiger partial charge in [-0.15, -0.1) is 12.4 Å². The van der Waals surface area contributed by atoms with Crippen LogP contribution in [0, 0.1) is 11.8 Å². The number of fused-ring (bicyclic) bond motifs is 2. The third kappa shape index (κ3) is 2.77. The lowest BCUT2D eigenvalue weighted by Crippen LogP contribution is -2.42.